The van der Waals surface area contributed by atoms with Gasteiger partial charge in [-0.25, -0.2) is 4.79 Å². The first-order valence-electron chi connectivity index (χ1n) is 6.21. The van der Waals surface area contributed by atoms with Crippen LogP contribution in [0.25, 0.3) is 0 Å². The van der Waals surface area contributed by atoms with Crippen molar-refractivity contribution >= 4 is 23.4 Å². The molecular weight excluding hydrogens is 266 g/mol. The fourth-order valence-corrected chi connectivity index (χ4v) is 2.60. The lowest BCUT2D eigenvalue weighted by molar-refractivity contribution is -0.148. The van der Waals surface area contributed by atoms with Crippen LogP contribution in [-0.2, 0) is 14.3 Å². The van der Waals surface area contributed by atoms with E-state index < -0.39 is 6.04 Å². The van der Waals surface area contributed by atoms with Crippen LogP contribution < -0.4 is 0 Å². The fourth-order valence-electron chi connectivity index (χ4n) is 2.37. The maximum absolute atomic E-state index is 12.0. The molecule has 0 bridgehead atoms. The lowest BCUT2D eigenvalue weighted by Crippen LogP contribution is -2.42. The normalized spacial score (nSPS) is 18.1. The van der Waals surface area contributed by atoms with Crippen molar-refractivity contribution in [3.8, 4) is 0 Å². The minimum absolute atomic E-state index is 0.146. The number of carbonyl (C=O) groups excluding carboxylic acids is 2. The number of carbonyl (C=O) groups is 2. The van der Waals surface area contributed by atoms with E-state index in [1.54, 1.807) is 12.1 Å². The zero-order chi connectivity index (χ0) is 13.8. The number of piperidine rings is 1. The maximum Gasteiger partial charge on any atom is 0.327 e. The second kappa shape index (κ2) is 6.17. The molecule has 1 fully saturated rings. The third kappa shape index (κ3) is 3.14. The number of methoxy groups -OCH3 is 1. The topological polar surface area (TPSA) is 46.6 Å². The van der Waals surface area contributed by atoms with Crippen molar-refractivity contribution in [1.29, 1.82) is 0 Å². The highest BCUT2D eigenvalue weighted by Crippen LogP contribution is 2.30. The average Bonchev–Trinajstić information content (AvgIpc) is 2.41. The van der Waals surface area contributed by atoms with E-state index in [0.717, 1.165) is 6.42 Å². The molecule has 4 nitrogen and oxygen atoms in total. The summed E-state index contributed by atoms with van der Waals surface area (Å²) in [4.78, 5) is 25.4. The van der Waals surface area contributed by atoms with E-state index in [4.69, 9.17) is 16.3 Å². The molecule has 1 atom stereocenters. The molecule has 0 N–H and O–H groups in total. The number of ketones is 1. The van der Waals surface area contributed by atoms with E-state index in [2.05, 4.69) is 0 Å². The van der Waals surface area contributed by atoms with Crippen molar-refractivity contribution in [2.45, 2.75) is 18.9 Å². The highest BCUT2D eigenvalue weighted by molar-refractivity contribution is 6.31. The van der Waals surface area contributed by atoms with Crippen molar-refractivity contribution in [2.75, 3.05) is 20.2 Å². The molecular formula is C14H16ClNO3. The molecule has 1 saturated heterocycles. The number of likely N-dealkylation sites (tertiary alicyclic amines) is 1. The zero-order valence-electron chi connectivity index (χ0n) is 10.8. The number of rotatable bonds is 3. The van der Waals surface area contributed by atoms with Gasteiger partial charge in [0.2, 0.25) is 0 Å². The molecule has 1 aliphatic rings. The summed E-state index contributed by atoms with van der Waals surface area (Å²) in [6, 6.07) is 6.55. The molecule has 0 aliphatic carbocycles. The van der Waals surface area contributed by atoms with Gasteiger partial charge in [-0.05, 0) is 18.1 Å². The summed E-state index contributed by atoms with van der Waals surface area (Å²) in [5.41, 5.74) is 0.686. The number of nitrogens with zero attached hydrogens (tertiary/aromatic N) is 1. The van der Waals surface area contributed by atoms with Crippen LogP contribution in [0, 0.1) is 0 Å². The number of hydrogen-bond acceptors (Lipinski definition) is 4. The van der Waals surface area contributed by atoms with Gasteiger partial charge in [-0.1, -0.05) is 29.8 Å². The Balaban J connectivity index is 2.33. The first-order chi connectivity index (χ1) is 9.13. The van der Waals surface area contributed by atoms with Gasteiger partial charge in [-0.2, -0.15) is 0 Å². The molecule has 1 aromatic rings. The summed E-state index contributed by atoms with van der Waals surface area (Å²) in [5, 5.41) is 0.510. The molecule has 0 radical (unpaired) electrons. The highest BCUT2D eigenvalue weighted by atomic mass is 35.5. The number of ether oxygens (including phenoxy) is 1. The van der Waals surface area contributed by atoms with Gasteiger partial charge < -0.3 is 4.74 Å². The highest BCUT2D eigenvalue weighted by Gasteiger charge is 2.32. The molecule has 1 heterocycles. The Hall–Kier alpha value is -1.39. The summed E-state index contributed by atoms with van der Waals surface area (Å²) in [7, 11) is 1.35. The van der Waals surface area contributed by atoms with Crippen LogP contribution in [0.3, 0.4) is 0 Å². The second-order valence-corrected chi connectivity index (χ2v) is 4.97. The molecule has 2 rings (SSSR count). The monoisotopic (exact) mass is 281 g/mol. The standard InChI is InChI=1S/C14H16ClNO3/c1-19-14(18)13(11-6-2-3-7-12(11)15)16-8-4-5-10(17)9-16/h2-3,6-7,13H,4-5,8-9H2,1H3. The largest absolute Gasteiger partial charge is 0.468 e. The van der Waals surface area contributed by atoms with E-state index in [0.29, 0.717) is 23.6 Å². The number of hydrogen-bond donors (Lipinski definition) is 0. The van der Waals surface area contributed by atoms with Gasteiger partial charge in [0.15, 0.2) is 0 Å². The Morgan fingerprint density at radius 1 is 1.42 bits per heavy atom. The predicted molar refractivity (Wildman–Crippen MR) is 72.0 cm³/mol. The summed E-state index contributed by atoms with van der Waals surface area (Å²) in [6.45, 7) is 0.960. The Labute approximate surface area is 117 Å². The molecule has 0 spiro atoms. The molecule has 0 aromatic heterocycles. The minimum Gasteiger partial charge on any atom is -0.468 e. The van der Waals surface area contributed by atoms with Gasteiger partial charge in [0.05, 0.1) is 13.7 Å². The zero-order valence-corrected chi connectivity index (χ0v) is 11.5. The van der Waals surface area contributed by atoms with E-state index >= 15 is 0 Å². The van der Waals surface area contributed by atoms with Gasteiger partial charge >= 0.3 is 5.97 Å². The van der Waals surface area contributed by atoms with Crippen LogP contribution in [0.15, 0.2) is 24.3 Å². The molecule has 5 heteroatoms. The van der Waals surface area contributed by atoms with Crippen LogP contribution in [0.5, 0.6) is 0 Å². The average molecular weight is 282 g/mol. The van der Waals surface area contributed by atoms with Crippen LogP contribution in [0.1, 0.15) is 24.4 Å². The number of esters is 1. The lowest BCUT2D eigenvalue weighted by atomic mass is 10.0. The number of halogens is 1. The first-order valence-corrected chi connectivity index (χ1v) is 6.59. The van der Waals surface area contributed by atoms with Gasteiger partial charge in [-0.15, -0.1) is 0 Å². The third-order valence-corrected chi connectivity index (χ3v) is 3.61. The SMILES string of the molecule is COC(=O)C(c1ccccc1Cl)N1CCCC(=O)C1. The van der Waals surface area contributed by atoms with E-state index in [1.165, 1.54) is 7.11 Å². The second-order valence-electron chi connectivity index (χ2n) is 4.56. The lowest BCUT2D eigenvalue weighted by Gasteiger charge is -2.32. The summed E-state index contributed by atoms with van der Waals surface area (Å²) in [5.74, 6) is -0.241. The third-order valence-electron chi connectivity index (χ3n) is 3.27. The Bertz CT molecular complexity index is 489. The van der Waals surface area contributed by atoms with E-state index in [-0.39, 0.29) is 18.3 Å². The van der Waals surface area contributed by atoms with Crippen LogP contribution in [0.4, 0.5) is 0 Å². The van der Waals surface area contributed by atoms with Crippen LogP contribution >= 0.6 is 11.6 Å². The molecule has 1 aromatic carbocycles. The predicted octanol–water partition coefficient (Wildman–Crippen LogP) is 2.22. The van der Waals surface area contributed by atoms with Gasteiger partial charge in [0.1, 0.15) is 11.8 Å². The summed E-state index contributed by atoms with van der Waals surface area (Å²) < 4.78 is 4.86. The van der Waals surface area contributed by atoms with Gasteiger partial charge in [0, 0.05) is 18.0 Å². The van der Waals surface area contributed by atoms with Crippen molar-refractivity contribution in [3.63, 3.8) is 0 Å². The van der Waals surface area contributed by atoms with Crippen molar-refractivity contribution in [3.05, 3.63) is 34.9 Å². The molecule has 0 saturated carbocycles. The van der Waals surface area contributed by atoms with Crippen LogP contribution in [0.2, 0.25) is 5.02 Å². The molecule has 1 aliphatic heterocycles. The molecule has 0 amide bonds. The van der Waals surface area contributed by atoms with Gasteiger partial charge in [0.25, 0.3) is 0 Å². The number of benzene rings is 1. The first kappa shape index (κ1) is 14.0. The maximum atomic E-state index is 12.0. The quantitative estimate of drug-likeness (QED) is 0.797. The molecule has 19 heavy (non-hydrogen) atoms. The van der Waals surface area contributed by atoms with E-state index in [1.807, 2.05) is 17.0 Å². The van der Waals surface area contributed by atoms with Crippen LogP contribution in [-0.4, -0.2) is 36.9 Å². The fraction of sp³-hybridized carbons (Fsp3) is 0.429. The van der Waals surface area contributed by atoms with Gasteiger partial charge in [-0.3, -0.25) is 9.69 Å². The van der Waals surface area contributed by atoms with Crippen molar-refractivity contribution < 1.29 is 14.3 Å². The van der Waals surface area contributed by atoms with Crippen molar-refractivity contribution in [2.24, 2.45) is 0 Å². The van der Waals surface area contributed by atoms with Crippen molar-refractivity contribution in [1.82, 2.24) is 4.90 Å². The minimum atomic E-state index is -0.608. The summed E-state index contributed by atoms with van der Waals surface area (Å²) in [6.07, 6.45) is 1.34. The Morgan fingerprint density at radius 2 is 2.16 bits per heavy atom. The number of Topliss-reactive ketones (excluding diaryl/α,β-unsaturated/α-hetero) is 1. The Morgan fingerprint density at radius 3 is 2.79 bits per heavy atom. The smallest absolute Gasteiger partial charge is 0.327 e. The Kier molecular flexibility index (Phi) is 4.56. The summed E-state index contributed by atoms with van der Waals surface area (Å²) >= 11 is 6.16. The molecule has 1 unspecified atom stereocenters. The molecule has 102 valence electrons. The van der Waals surface area contributed by atoms with E-state index in [9.17, 15) is 9.59 Å².